The molecule has 0 aliphatic carbocycles. The van der Waals surface area contributed by atoms with Crippen molar-refractivity contribution in [3.05, 3.63) is 59.4 Å². The van der Waals surface area contributed by atoms with Crippen molar-refractivity contribution in [1.82, 2.24) is 9.38 Å². The van der Waals surface area contributed by atoms with Crippen molar-refractivity contribution in [3.8, 4) is 11.6 Å². The molecule has 3 rings (SSSR count). The van der Waals surface area contributed by atoms with E-state index in [1.807, 2.05) is 42.6 Å². The Morgan fingerprint density at radius 3 is 2.65 bits per heavy atom. The van der Waals surface area contributed by atoms with E-state index in [4.69, 9.17) is 10.5 Å². The maximum atomic E-state index is 6.09. The number of aromatic nitrogens is 2. The van der Waals surface area contributed by atoms with Crippen molar-refractivity contribution in [2.75, 3.05) is 0 Å². The molecule has 2 N–H and O–H groups in total. The Balaban J connectivity index is 2.05. The first-order valence-corrected chi connectivity index (χ1v) is 6.59. The number of ether oxygens (including phenoxy) is 1. The lowest BCUT2D eigenvalue weighted by atomic mass is 10.1. The van der Waals surface area contributed by atoms with Crippen molar-refractivity contribution in [2.24, 2.45) is 5.73 Å². The fourth-order valence-corrected chi connectivity index (χ4v) is 2.43. The molecule has 0 fully saturated rings. The van der Waals surface area contributed by atoms with E-state index in [2.05, 4.69) is 17.1 Å². The molecule has 0 aliphatic rings. The Morgan fingerprint density at radius 1 is 1.20 bits per heavy atom. The van der Waals surface area contributed by atoms with E-state index in [-0.39, 0.29) is 0 Å². The van der Waals surface area contributed by atoms with Crippen LogP contribution in [0, 0.1) is 13.8 Å². The van der Waals surface area contributed by atoms with Crippen molar-refractivity contribution in [1.29, 1.82) is 0 Å². The fraction of sp³-hybridized carbons (Fsp3) is 0.188. The van der Waals surface area contributed by atoms with Gasteiger partial charge in [-0.1, -0.05) is 18.2 Å². The molecule has 3 aromatic rings. The van der Waals surface area contributed by atoms with E-state index in [0.717, 1.165) is 34.0 Å². The summed E-state index contributed by atoms with van der Waals surface area (Å²) < 4.78 is 8.02. The van der Waals surface area contributed by atoms with Crippen LogP contribution in [-0.2, 0) is 6.54 Å². The molecule has 102 valence electrons. The minimum atomic E-state index is 0.541. The van der Waals surface area contributed by atoms with Gasteiger partial charge < -0.3 is 10.5 Å². The summed E-state index contributed by atoms with van der Waals surface area (Å²) in [6.07, 6.45) is 3.66. The predicted molar refractivity (Wildman–Crippen MR) is 79.1 cm³/mol. The summed E-state index contributed by atoms with van der Waals surface area (Å²) in [4.78, 5) is 4.26. The van der Waals surface area contributed by atoms with Gasteiger partial charge in [-0.15, -0.1) is 0 Å². The zero-order valence-corrected chi connectivity index (χ0v) is 11.6. The largest absolute Gasteiger partial charge is 0.440 e. The number of rotatable bonds is 3. The van der Waals surface area contributed by atoms with Crippen LogP contribution in [0.1, 0.15) is 16.7 Å². The van der Waals surface area contributed by atoms with Crippen molar-refractivity contribution in [3.63, 3.8) is 0 Å². The fourth-order valence-electron chi connectivity index (χ4n) is 2.43. The summed E-state index contributed by atoms with van der Waals surface area (Å²) in [6.45, 7) is 4.62. The van der Waals surface area contributed by atoms with Crippen molar-refractivity contribution < 1.29 is 4.74 Å². The molecule has 0 spiro atoms. The number of nitrogens with zero attached hydrogens (tertiary/aromatic N) is 2. The summed E-state index contributed by atoms with van der Waals surface area (Å²) in [7, 11) is 0. The Morgan fingerprint density at radius 2 is 1.95 bits per heavy atom. The zero-order chi connectivity index (χ0) is 14.1. The maximum absolute atomic E-state index is 6.09. The second-order valence-electron chi connectivity index (χ2n) is 4.88. The van der Waals surface area contributed by atoms with Crippen LogP contribution in [0.2, 0.25) is 0 Å². The highest BCUT2D eigenvalue weighted by Gasteiger charge is 2.09. The molecule has 0 bridgehead atoms. The molecular formula is C16H17N3O. The highest BCUT2D eigenvalue weighted by molar-refractivity contribution is 5.47. The summed E-state index contributed by atoms with van der Waals surface area (Å²) in [5.74, 6) is 1.63. The first kappa shape index (κ1) is 12.7. The van der Waals surface area contributed by atoms with Crippen LogP contribution in [0.25, 0.3) is 5.65 Å². The van der Waals surface area contributed by atoms with Gasteiger partial charge in [0.15, 0.2) is 0 Å². The van der Waals surface area contributed by atoms with Gasteiger partial charge in [0.05, 0.1) is 0 Å². The average molecular weight is 267 g/mol. The normalized spacial score (nSPS) is 10.9. The van der Waals surface area contributed by atoms with E-state index < -0.39 is 0 Å². The molecule has 0 atom stereocenters. The second-order valence-corrected chi connectivity index (χ2v) is 4.88. The molecule has 0 saturated heterocycles. The van der Waals surface area contributed by atoms with Gasteiger partial charge in [0.25, 0.3) is 0 Å². The van der Waals surface area contributed by atoms with Crippen LogP contribution in [-0.4, -0.2) is 9.38 Å². The van der Waals surface area contributed by atoms with Crippen LogP contribution < -0.4 is 10.5 Å². The molecule has 0 unspecified atom stereocenters. The molecule has 0 amide bonds. The topological polar surface area (TPSA) is 52.5 Å². The summed E-state index contributed by atoms with van der Waals surface area (Å²) in [5.41, 5.74) is 9.86. The lowest BCUT2D eigenvalue weighted by Gasteiger charge is -2.14. The van der Waals surface area contributed by atoms with Crippen LogP contribution >= 0.6 is 0 Å². The summed E-state index contributed by atoms with van der Waals surface area (Å²) in [6, 6.07) is 9.96. The number of aryl methyl sites for hydroxylation is 2. The lowest BCUT2D eigenvalue weighted by Crippen LogP contribution is -2.00. The van der Waals surface area contributed by atoms with Gasteiger partial charge in [0.2, 0.25) is 5.88 Å². The first-order chi connectivity index (χ1) is 9.69. The minimum Gasteiger partial charge on any atom is -0.440 e. The third kappa shape index (κ3) is 2.14. The standard InChI is InChI=1S/C16H17N3O/c1-11-8-13(10-17)9-12(2)16(11)20-15-5-3-4-14-18-6-7-19(14)15/h3-9H,10,17H2,1-2H3. The molecule has 0 aliphatic heterocycles. The number of imidazole rings is 1. The molecule has 4 nitrogen and oxygen atoms in total. The Kier molecular flexibility index (Phi) is 3.16. The smallest absolute Gasteiger partial charge is 0.205 e. The second kappa shape index (κ2) is 4.98. The third-order valence-corrected chi connectivity index (χ3v) is 3.35. The highest BCUT2D eigenvalue weighted by Crippen LogP contribution is 2.30. The van der Waals surface area contributed by atoms with Crippen LogP contribution in [0.5, 0.6) is 11.6 Å². The molecule has 0 radical (unpaired) electrons. The minimum absolute atomic E-state index is 0.541. The highest BCUT2D eigenvalue weighted by atomic mass is 16.5. The van der Waals surface area contributed by atoms with Gasteiger partial charge in [0.1, 0.15) is 11.4 Å². The van der Waals surface area contributed by atoms with Gasteiger partial charge in [-0.3, -0.25) is 4.40 Å². The Labute approximate surface area is 117 Å². The zero-order valence-electron chi connectivity index (χ0n) is 11.6. The van der Waals surface area contributed by atoms with Gasteiger partial charge >= 0.3 is 0 Å². The number of fused-ring (bicyclic) bond motifs is 1. The Hall–Kier alpha value is -2.33. The number of hydrogen-bond donors (Lipinski definition) is 1. The third-order valence-electron chi connectivity index (χ3n) is 3.35. The van der Waals surface area contributed by atoms with Gasteiger partial charge in [-0.25, -0.2) is 4.98 Å². The number of benzene rings is 1. The van der Waals surface area contributed by atoms with Gasteiger partial charge in [-0.05, 0) is 42.7 Å². The van der Waals surface area contributed by atoms with Crippen LogP contribution in [0.3, 0.4) is 0 Å². The van der Waals surface area contributed by atoms with E-state index in [1.165, 1.54) is 0 Å². The van der Waals surface area contributed by atoms with Crippen molar-refractivity contribution >= 4 is 5.65 Å². The first-order valence-electron chi connectivity index (χ1n) is 6.59. The molecular weight excluding hydrogens is 250 g/mol. The average Bonchev–Trinajstić information content (AvgIpc) is 2.91. The molecule has 20 heavy (non-hydrogen) atoms. The molecule has 2 heterocycles. The molecule has 1 aromatic carbocycles. The van der Waals surface area contributed by atoms with E-state index in [1.54, 1.807) is 6.20 Å². The SMILES string of the molecule is Cc1cc(CN)cc(C)c1Oc1cccc2nccn12. The summed E-state index contributed by atoms with van der Waals surface area (Å²) >= 11 is 0. The van der Waals surface area contributed by atoms with Crippen LogP contribution in [0.4, 0.5) is 0 Å². The number of hydrogen-bond acceptors (Lipinski definition) is 3. The molecule has 2 aromatic heterocycles. The van der Waals surface area contributed by atoms with E-state index >= 15 is 0 Å². The summed E-state index contributed by atoms with van der Waals surface area (Å²) in [5, 5.41) is 0. The molecule has 0 saturated carbocycles. The number of nitrogens with two attached hydrogens (primary N) is 1. The van der Waals surface area contributed by atoms with Crippen LogP contribution in [0.15, 0.2) is 42.7 Å². The van der Waals surface area contributed by atoms with Gasteiger partial charge in [0, 0.05) is 18.9 Å². The Bertz CT molecular complexity index is 738. The quantitative estimate of drug-likeness (QED) is 0.792. The van der Waals surface area contributed by atoms with E-state index in [0.29, 0.717) is 6.54 Å². The number of pyridine rings is 1. The maximum Gasteiger partial charge on any atom is 0.205 e. The predicted octanol–water partition coefficient (Wildman–Crippen LogP) is 3.20. The van der Waals surface area contributed by atoms with Crippen molar-refractivity contribution in [2.45, 2.75) is 20.4 Å². The molecule has 4 heteroatoms. The van der Waals surface area contributed by atoms with Gasteiger partial charge in [-0.2, -0.15) is 0 Å². The van der Waals surface area contributed by atoms with E-state index in [9.17, 15) is 0 Å². The lowest BCUT2D eigenvalue weighted by molar-refractivity contribution is 0.449. The monoisotopic (exact) mass is 267 g/mol.